The first-order valence-corrected chi connectivity index (χ1v) is 4.68. The molecule has 1 amide bonds. The van der Waals surface area contributed by atoms with Crippen molar-refractivity contribution >= 4 is 11.6 Å². The van der Waals surface area contributed by atoms with Crippen molar-refractivity contribution in [2.45, 2.75) is 26.4 Å². The molecule has 0 bridgehead atoms. The summed E-state index contributed by atoms with van der Waals surface area (Å²) in [5.74, 6) is -0.0933. The van der Waals surface area contributed by atoms with Gasteiger partial charge in [-0.25, -0.2) is 0 Å². The van der Waals surface area contributed by atoms with Crippen LogP contribution in [0.25, 0.3) is 0 Å². The lowest BCUT2D eigenvalue weighted by Gasteiger charge is -2.22. The Morgan fingerprint density at radius 3 is 2.40 bits per heavy atom. The van der Waals surface area contributed by atoms with Crippen LogP contribution in [0.4, 0.5) is 5.69 Å². The average molecular weight is 208 g/mol. The van der Waals surface area contributed by atoms with Crippen molar-refractivity contribution in [3.05, 3.63) is 23.8 Å². The Morgan fingerprint density at radius 1 is 1.33 bits per heavy atom. The molecule has 1 aromatic carbocycles. The Morgan fingerprint density at radius 2 is 1.93 bits per heavy atom. The molecule has 0 radical (unpaired) electrons. The average Bonchev–Trinajstić information content (AvgIpc) is 1.99. The Bertz CT molecular complexity index is 381. The van der Waals surface area contributed by atoms with E-state index in [0.29, 0.717) is 17.0 Å². The first kappa shape index (κ1) is 11.4. The molecule has 0 saturated carbocycles. The van der Waals surface area contributed by atoms with Gasteiger partial charge >= 0.3 is 0 Å². The molecule has 1 aromatic rings. The Balaban J connectivity index is 3.13. The third kappa shape index (κ3) is 3.16. The van der Waals surface area contributed by atoms with Crippen molar-refractivity contribution in [3.63, 3.8) is 0 Å². The number of nitrogens with two attached hydrogens (primary N) is 2. The molecule has 0 aliphatic carbocycles. The molecule has 0 aliphatic heterocycles. The largest absolute Gasteiger partial charge is 0.487 e. The van der Waals surface area contributed by atoms with Crippen molar-refractivity contribution in [3.8, 4) is 5.75 Å². The van der Waals surface area contributed by atoms with Crippen LogP contribution >= 0.6 is 0 Å². The number of carbonyl (C=O) groups excluding carboxylic acids is 1. The molecule has 4 heteroatoms. The molecular formula is C11H16N2O2. The van der Waals surface area contributed by atoms with E-state index >= 15 is 0 Å². The van der Waals surface area contributed by atoms with Gasteiger partial charge in [0, 0.05) is 11.8 Å². The number of amides is 1. The molecule has 0 fully saturated rings. The summed E-state index contributed by atoms with van der Waals surface area (Å²) in [5, 5.41) is 0. The topological polar surface area (TPSA) is 78.3 Å². The Labute approximate surface area is 89.2 Å². The van der Waals surface area contributed by atoms with Gasteiger partial charge in [-0.15, -0.1) is 0 Å². The van der Waals surface area contributed by atoms with Crippen molar-refractivity contribution in [1.82, 2.24) is 0 Å². The maximum atomic E-state index is 11.1. The quantitative estimate of drug-likeness (QED) is 0.724. The predicted molar refractivity (Wildman–Crippen MR) is 59.8 cm³/mol. The Hall–Kier alpha value is -1.71. The normalized spacial score (nSPS) is 11.1. The van der Waals surface area contributed by atoms with Gasteiger partial charge in [-0.3, -0.25) is 4.79 Å². The fourth-order valence-corrected chi connectivity index (χ4v) is 1.16. The molecule has 0 saturated heterocycles. The van der Waals surface area contributed by atoms with E-state index in [9.17, 15) is 4.79 Å². The highest BCUT2D eigenvalue weighted by Crippen LogP contribution is 2.25. The molecule has 4 N–H and O–H groups in total. The molecule has 0 unspecified atom stereocenters. The number of anilines is 1. The van der Waals surface area contributed by atoms with E-state index in [1.807, 2.05) is 20.8 Å². The van der Waals surface area contributed by atoms with Crippen molar-refractivity contribution in [2.75, 3.05) is 5.73 Å². The summed E-state index contributed by atoms with van der Waals surface area (Å²) < 4.78 is 5.59. The van der Waals surface area contributed by atoms with Crippen LogP contribution in [-0.4, -0.2) is 11.5 Å². The number of primary amides is 1. The molecule has 0 aliphatic rings. The lowest BCUT2D eigenvalue weighted by atomic mass is 10.1. The van der Waals surface area contributed by atoms with Gasteiger partial charge in [0.25, 0.3) is 5.91 Å². The van der Waals surface area contributed by atoms with E-state index in [-0.39, 0.29) is 0 Å². The molecule has 0 spiro atoms. The Kier molecular flexibility index (Phi) is 2.88. The van der Waals surface area contributed by atoms with E-state index in [1.165, 1.54) is 0 Å². The minimum absolute atomic E-state index is 0.346. The zero-order chi connectivity index (χ0) is 11.6. The fourth-order valence-electron chi connectivity index (χ4n) is 1.16. The van der Waals surface area contributed by atoms with Crippen LogP contribution < -0.4 is 16.2 Å². The summed E-state index contributed by atoms with van der Waals surface area (Å²) in [6.45, 7) is 5.67. The molecule has 15 heavy (non-hydrogen) atoms. The number of carbonyl (C=O) groups is 1. The van der Waals surface area contributed by atoms with Crippen LogP contribution in [0.3, 0.4) is 0 Å². The maximum Gasteiger partial charge on any atom is 0.252 e. The SMILES string of the molecule is CC(C)(C)Oc1cc(N)ccc1C(N)=O. The molecule has 1 rings (SSSR count). The zero-order valence-corrected chi connectivity index (χ0v) is 9.20. The molecular weight excluding hydrogens is 192 g/mol. The molecule has 0 aromatic heterocycles. The van der Waals surface area contributed by atoms with Crippen LogP contribution in [0.5, 0.6) is 5.75 Å². The summed E-state index contributed by atoms with van der Waals surface area (Å²) in [7, 11) is 0. The monoisotopic (exact) mass is 208 g/mol. The van der Waals surface area contributed by atoms with Crippen LogP contribution in [0.1, 0.15) is 31.1 Å². The number of hydrogen-bond acceptors (Lipinski definition) is 3. The van der Waals surface area contributed by atoms with Gasteiger partial charge in [0.05, 0.1) is 5.56 Å². The van der Waals surface area contributed by atoms with E-state index in [1.54, 1.807) is 18.2 Å². The van der Waals surface area contributed by atoms with Crippen molar-refractivity contribution < 1.29 is 9.53 Å². The van der Waals surface area contributed by atoms with E-state index < -0.39 is 11.5 Å². The minimum atomic E-state index is -0.519. The third-order valence-corrected chi connectivity index (χ3v) is 1.69. The highest BCUT2D eigenvalue weighted by atomic mass is 16.5. The second kappa shape index (κ2) is 3.81. The number of hydrogen-bond donors (Lipinski definition) is 2. The first-order chi connectivity index (χ1) is 6.79. The molecule has 82 valence electrons. The second-order valence-electron chi connectivity index (χ2n) is 4.33. The highest BCUT2D eigenvalue weighted by Gasteiger charge is 2.17. The minimum Gasteiger partial charge on any atom is -0.487 e. The first-order valence-electron chi connectivity index (χ1n) is 4.68. The summed E-state index contributed by atoms with van der Waals surface area (Å²) in [6, 6.07) is 4.79. The van der Waals surface area contributed by atoms with Crippen LogP contribution in [0.15, 0.2) is 18.2 Å². The zero-order valence-electron chi connectivity index (χ0n) is 9.20. The lowest BCUT2D eigenvalue weighted by molar-refractivity contribution is 0.0978. The van der Waals surface area contributed by atoms with Crippen molar-refractivity contribution in [1.29, 1.82) is 0 Å². The summed E-state index contributed by atoms with van der Waals surface area (Å²) >= 11 is 0. The summed E-state index contributed by atoms with van der Waals surface area (Å²) in [6.07, 6.45) is 0. The van der Waals surface area contributed by atoms with E-state index in [2.05, 4.69) is 0 Å². The third-order valence-electron chi connectivity index (χ3n) is 1.69. The number of ether oxygens (including phenoxy) is 1. The summed E-state index contributed by atoms with van der Waals surface area (Å²) in [4.78, 5) is 11.1. The molecule has 4 nitrogen and oxygen atoms in total. The smallest absolute Gasteiger partial charge is 0.252 e. The van der Waals surface area contributed by atoms with E-state index in [4.69, 9.17) is 16.2 Å². The van der Waals surface area contributed by atoms with Gasteiger partial charge < -0.3 is 16.2 Å². The van der Waals surface area contributed by atoms with Gasteiger partial charge in [0.1, 0.15) is 11.4 Å². The van der Waals surface area contributed by atoms with Gasteiger partial charge in [0.2, 0.25) is 0 Å². The van der Waals surface area contributed by atoms with Gasteiger partial charge in [-0.1, -0.05) is 0 Å². The van der Waals surface area contributed by atoms with Gasteiger partial charge in [-0.05, 0) is 32.9 Å². The van der Waals surface area contributed by atoms with Crippen LogP contribution in [0.2, 0.25) is 0 Å². The standard InChI is InChI=1S/C11H16N2O2/c1-11(2,3)15-9-6-7(12)4-5-8(9)10(13)14/h4-6H,12H2,1-3H3,(H2,13,14). The van der Waals surface area contributed by atoms with Gasteiger partial charge in [0.15, 0.2) is 0 Å². The van der Waals surface area contributed by atoms with Crippen LogP contribution in [-0.2, 0) is 0 Å². The van der Waals surface area contributed by atoms with E-state index in [0.717, 1.165) is 0 Å². The maximum absolute atomic E-state index is 11.1. The number of benzene rings is 1. The number of rotatable bonds is 2. The molecule has 0 atom stereocenters. The molecule has 0 heterocycles. The van der Waals surface area contributed by atoms with Gasteiger partial charge in [-0.2, -0.15) is 0 Å². The lowest BCUT2D eigenvalue weighted by Crippen LogP contribution is -2.25. The highest BCUT2D eigenvalue weighted by molar-refractivity contribution is 5.96. The number of nitrogen functional groups attached to an aromatic ring is 1. The van der Waals surface area contributed by atoms with Crippen LogP contribution in [0, 0.1) is 0 Å². The second-order valence-corrected chi connectivity index (χ2v) is 4.33. The fraction of sp³-hybridized carbons (Fsp3) is 0.364. The summed E-state index contributed by atoms with van der Waals surface area (Å²) in [5.41, 5.74) is 11.3. The predicted octanol–water partition coefficient (Wildman–Crippen LogP) is 1.54. The van der Waals surface area contributed by atoms with Crippen molar-refractivity contribution in [2.24, 2.45) is 5.73 Å².